The summed E-state index contributed by atoms with van der Waals surface area (Å²) >= 11 is 12.2. The van der Waals surface area contributed by atoms with Gasteiger partial charge >= 0.3 is 0 Å². The molecule has 0 fully saturated rings. The average Bonchev–Trinajstić information content (AvgIpc) is 2.96. The van der Waals surface area contributed by atoms with Crippen molar-refractivity contribution in [2.24, 2.45) is 0 Å². The van der Waals surface area contributed by atoms with E-state index < -0.39 is 10.0 Å². The Morgan fingerprint density at radius 2 is 1.83 bits per heavy atom. The van der Waals surface area contributed by atoms with E-state index in [4.69, 9.17) is 23.2 Å². The number of rotatable bonds is 5. The lowest BCUT2D eigenvalue weighted by molar-refractivity contribution is 0.601. The summed E-state index contributed by atoms with van der Waals surface area (Å²) in [6.45, 7) is 3.95. The standard InChI is InChI=1S/C21H18Cl2N4O2S/c1-13-20(14(2)27(25-13)12-16-8-9-17(22)11-18(16)23)26-30(28,29)19-7-3-5-15-6-4-10-24-21(15)19/h3-11,26H,12H2,1-2H3. The lowest BCUT2D eigenvalue weighted by atomic mass is 10.2. The molecule has 4 rings (SSSR count). The molecule has 0 radical (unpaired) electrons. The molecule has 0 aliphatic heterocycles. The molecule has 0 bridgehead atoms. The van der Waals surface area contributed by atoms with E-state index in [2.05, 4.69) is 14.8 Å². The summed E-state index contributed by atoms with van der Waals surface area (Å²) < 4.78 is 30.7. The molecule has 0 aliphatic rings. The Morgan fingerprint density at radius 1 is 1.07 bits per heavy atom. The Kier molecular flexibility index (Phi) is 5.44. The van der Waals surface area contributed by atoms with Crippen LogP contribution in [0.5, 0.6) is 0 Å². The van der Waals surface area contributed by atoms with Gasteiger partial charge in [-0.25, -0.2) is 8.42 Å². The number of nitrogens with one attached hydrogen (secondary N) is 1. The van der Waals surface area contributed by atoms with Gasteiger partial charge in [-0.05, 0) is 43.7 Å². The predicted octanol–water partition coefficient (Wildman–Crippen LogP) is 5.20. The highest BCUT2D eigenvalue weighted by atomic mass is 35.5. The van der Waals surface area contributed by atoms with Crippen LogP contribution in [0.15, 0.2) is 59.6 Å². The summed E-state index contributed by atoms with van der Waals surface area (Å²) in [4.78, 5) is 4.36. The Balaban J connectivity index is 1.70. The van der Waals surface area contributed by atoms with Crippen molar-refractivity contribution in [1.82, 2.24) is 14.8 Å². The number of anilines is 1. The molecule has 0 saturated heterocycles. The quantitative estimate of drug-likeness (QED) is 0.443. The Labute approximate surface area is 184 Å². The second-order valence-electron chi connectivity index (χ2n) is 6.88. The van der Waals surface area contributed by atoms with E-state index in [9.17, 15) is 8.42 Å². The summed E-state index contributed by atoms with van der Waals surface area (Å²) in [5.74, 6) is 0. The zero-order valence-corrected chi connectivity index (χ0v) is 18.6. The van der Waals surface area contributed by atoms with Crippen LogP contribution in [0.1, 0.15) is 17.0 Å². The number of aromatic nitrogens is 3. The minimum absolute atomic E-state index is 0.118. The zero-order chi connectivity index (χ0) is 21.5. The van der Waals surface area contributed by atoms with Crippen LogP contribution in [0.3, 0.4) is 0 Å². The lowest BCUT2D eigenvalue weighted by Crippen LogP contribution is -2.15. The minimum Gasteiger partial charge on any atom is -0.276 e. The van der Waals surface area contributed by atoms with Crippen LogP contribution >= 0.6 is 23.2 Å². The summed E-state index contributed by atoms with van der Waals surface area (Å²) in [6.07, 6.45) is 1.58. The van der Waals surface area contributed by atoms with Gasteiger partial charge in [0.15, 0.2) is 0 Å². The van der Waals surface area contributed by atoms with E-state index >= 15 is 0 Å². The summed E-state index contributed by atoms with van der Waals surface area (Å²) in [5.41, 5.74) is 2.93. The normalized spacial score (nSPS) is 11.7. The molecule has 2 aromatic carbocycles. The lowest BCUT2D eigenvalue weighted by Gasteiger charge is -2.11. The second kappa shape index (κ2) is 7.91. The van der Waals surface area contributed by atoms with Gasteiger partial charge in [0.05, 0.1) is 29.1 Å². The van der Waals surface area contributed by atoms with Gasteiger partial charge < -0.3 is 0 Å². The van der Waals surface area contributed by atoms with Crippen LogP contribution in [0.2, 0.25) is 10.0 Å². The number of pyridine rings is 1. The highest BCUT2D eigenvalue weighted by molar-refractivity contribution is 7.93. The Bertz CT molecular complexity index is 1360. The van der Waals surface area contributed by atoms with E-state index in [-0.39, 0.29) is 4.90 Å². The first kappa shape index (κ1) is 20.7. The molecule has 0 saturated carbocycles. The molecule has 6 nitrogen and oxygen atoms in total. The first-order chi connectivity index (χ1) is 14.3. The van der Waals surface area contributed by atoms with Crippen molar-refractivity contribution in [3.63, 3.8) is 0 Å². The van der Waals surface area contributed by atoms with Gasteiger partial charge in [0, 0.05) is 21.6 Å². The van der Waals surface area contributed by atoms with Gasteiger partial charge in [-0.1, -0.05) is 47.5 Å². The van der Waals surface area contributed by atoms with E-state index in [1.54, 1.807) is 48.1 Å². The number of para-hydroxylation sites is 1. The minimum atomic E-state index is -3.87. The van der Waals surface area contributed by atoms with Gasteiger partial charge in [0.2, 0.25) is 0 Å². The molecule has 0 atom stereocenters. The first-order valence-electron chi connectivity index (χ1n) is 9.11. The molecule has 2 aromatic heterocycles. The van der Waals surface area contributed by atoms with Crippen LogP contribution in [0, 0.1) is 13.8 Å². The number of hydrogen-bond donors (Lipinski definition) is 1. The van der Waals surface area contributed by atoms with E-state index in [0.29, 0.717) is 39.2 Å². The number of nitrogens with zero attached hydrogens (tertiary/aromatic N) is 3. The first-order valence-corrected chi connectivity index (χ1v) is 11.3. The summed E-state index contributed by atoms with van der Waals surface area (Å²) in [6, 6.07) is 13.9. The maximum Gasteiger partial charge on any atom is 0.264 e. The fourth-order valence-electron chi connectivity index (χ4n) is 3.29. The van der Waals surface area contributed by atoms with Gasteiger partial charge in [-0.3, -0.25) is 14.4 Å². The van der Waals surface area contributed by atoms with Crippen molar-refractivity contribution in [2.75, 3.05) is 4.72 Å². The Morgan fingerprint density at radius 3 is 2.60 bits per heavy atom. The topological polar surface area (TPSA) is 76.9 Å². The van der Waals surface area contributed by atoms with Gasteiger partial charge in [-0.2, -0.15) is 5.10 Å². The molecule has 30 heavy (non-hydrogen) atoms. The third kappa shape index (κ3) is 3.88. The largest absolute Gasteiger partial charge is 0.276 e. The van der Waals surface area contributed by atoms with Crippen LogP contribution in [-0.4, -0.2) is 23.2 Å². The zero-order valence-electron chi connectivity index (χ0n) is 16.2. The van der Waals surface area contributed by atoms with E-state index in [1.165, 1.54) is 0 Å². The molecule has 0 spiro atoms. The van der Waals surface area contributed by atoms with Crippen molar-refractivity contribution < 1.29 is 8.42 Å². The number of hydrogen-bond acceptors (Lipinski definition) is 4. The number of benzene rings is 2. The summed E-state index contributed by atoms with van der Waals surface area (Å²) in [5, 5.41) is 6.32. The molecule has 1 N–H and O–H groups in total. The highest BCUT2D eigenvalue weighted by Gasteiger charge is 2.22. The van der Waals surface area contributed by atoms with Gasteiger partial charge in [-0.15, -0.1) is 0 Å². The monoisotopic (exact) mass is 460 g/mol. The molecule has 0 amide bonds. The second-order valence-corrected chi connectivity index (χ2v) is 9.37. The molecule has 0 unspecified atom stereocenters. The number of halogens is 2. The van der Waals surface area contributed by atoms with Crippen molar-refractivity contribution in [3.05, 3.63) is 81.7 Å². The smallest absolute Gasteiger partial charge is 0.264 e. The average molecular weight is 461 g/mol. The maximum absolute atomic E-state index is 13.2. The van der Waals surface area contributed by atoms with Crippen molar-refractivity contribution in [1.29, 1.82) is 0 Å². The molecule has 154 valence electrons. The number of fused-ring (bicyclic) bond motifs is 1. The van der Waals surface area contributed by atoms with Crippen LogP contribution in [-0.2, 0) is 16.6 Å². The molecule has 2 heterocycles. The van der Waals surface area contributed by atoms with E-state index in [1.807, 2.05) is 25.1 Å². The van der Waals surface area contributed by atoms with Crippen molar-refractivity contribution in [2.45, 2.75) is 25.3 Å². The van der Waals surface area contributed by atoms with Crippen LogP contribution < -0.4 is 4.72 Å². The number of aryl methyl sites for hydroxylation is 1. The predicted molar refractivity (Wildman–Crippen MR) is 120 cm³/mol. The molecular weight excluding hydrogens is 443 g/mol. The van der Waals surface area contributed by atoms with Crippen molar-refractivity contribution in [3.8, 4) is 0 Å². The fraction of sp³-hybridized carbons (Fsp3) is 0.143. The molecule has 0 aliphatic carbocycles. The third-order valence-corrected chi connectivity index (χ3v) is 6.81. The van der Waals surface area contributed by atoms with Crippen LogP contribution in [0.25, 0.3) is 10.9 Å². The molecular formula is C21H18Cl2N4O2S. The fourth-order valence-corrected chi connectivity index (χ4v) is 5.12. The maximum atomic E-state index is 13.2. The van der Waals surface area contributed by atoms with Gasteiger partial charge in [0.1, 0.15) is 4.90 Å². The summed E-state index contributed by atoms with van der Waals surface area (Å²) in [7, 11) is -3.87. The highest BCUT2D eigenvalue weighted by Crippen LogP contribution is 2.28. The molecule has 4 aromatic rings. The number of sulfonamides is 1. The Hall–Kier alpha value is -2.61. The van der Waals surface area contributed by atoms with Crippen molar-refractivity contribution >= 4 is 49.8 Å². The SMILES string of the molecule is Cc1nn(Cc2ccc(Cl)cc2Cl)c(C)c1NS(=O)(=O)c1cccc2cccnc12. The van der Waals surface area contributed by atoms with Crippen LogP contribution in [0.4, 0.5) is 5.69 Å². The van der Waals surface area contributed by atoms with Gasteiger partial charge in [0.25, 0.3) is 10.0 Å². The third-order valence-electron chi connectivity index (χ3n) is 4.84. The van der Waals surface area contributed by atoms with E-state index in [0.717, 1.165) is 10.9 Å². The molecule has 9 heteroatoms.